The van der Waals surface area contributed by atoms with Crippen molar-refractivity contribution in [2.24, 2.45) is 0 Å². The monoisotopic (exact) mass is 396 g/mol. The number of benzene rings is 1. The van der Waals surface area contributed by atoms with E-state index in [1.165, 1.54) is 10.4 Å². The van der Waals surface area contributed by atoms with Crippen LogP contribution in [0.4, 0.5) is 0 Å². The van der Waals surface area contributed by atoms with Crippen LogP contribution in [0.3, 0.4) is 0 Å². The van der Waals surface area contributed by atoms with Gasteiger partial charge in [0.1, 0.15) is 0 Å². The Bertz CT molecular complexity index is 757. The number of aryl methyl sites for hydroxylation is 1. The minimum atomic E-state index is -3.63. The van der Waals surface area contributed by atoms with Crippen LogP contribution < -0.4 is 10.6 Å². The van der Waals surface area contributed by atoms with Crippen LogP contribution in [0, 0.1) is 6.92 Å². The molecule has 9 heteroatoms. The average molecular weight is 397 g/mol. The number of amides is 1. The maximum absolute atomic E-state index is 12.9. The number of nitrogens with one attached hydrogen (secondary N) is 2. The molecular formula is C18H28N4O4S. The molecule has 1 aromatic rings. The fourth-order valence-electron chi connectivity index (χ4n) is 3.31. The van der Waals surface area contributed by atoms with Gasteiger partial charge in [-0.15, -0.1) is 0 Å². The molecule has 0 unspecified atom stereocenters. The highest BCUT2D eigenvalue weighted by Crippen LogP contribution is 2.22. The zero-order valence-electron chi connectivity index (χ0n) is 15.7. The van der Waals surface area contributed by atoms with Crippen LogP contribution in [-0.4, -0.2) is 89.1 Å². The first-order valence-corrected chi connectivity index (χ1v) is 10.8. The molecule has 1 amide bonds. The van der Waals surface area contributed by atoms with E-state index in [2.05, 4.69) is 15.5 Å². The Labute approximate surface area is 160 Å². The molecule has 0 aliphatic carbocycles. The van der Waals surface area contributed by atoms with Gasteiger partial charge in [-0.25, -0.2) is 8.42 Å². The summed E-state index contributed by atoms with van der Waals surface area (Å²) >= 11 is 0. The van der Waals surface area contributed by atoms with E-state index in [1.807, 2.05) is 0 Å². The summed E-state index contributed by atoms with van der Waals surface area (Å²) in [5, 5.41) is 6.19. The highest BCUT2D eigenvalue weighted by Gasteiger charge is 2.28. The number of carbonyl (C=O) groups is 1. The van der Waals surface area contributed by atoms with Crippen LogP contribution in [0.15, 0.2) is 23.1 Å². The maximum Gasteiger partial charge on any atom is 0.251 e. The van der Waals surface area contributed by atoms with Gasteiger partial charge in [0.25, 0.3) is 5.91 Å². The quantitative estimate of drug-likeness (QED) is 0.683. The van der Waals surface area contributed by atoms with Crippen molar-refractivity contribution in [1.29, 1.82) is 0 Å². The van der Waals surface area contributed by atoms with Gasteiger partial charge in [-0.3, -0.25) is 9.69 Å². The third-order valence-electron chi connectivity index (χ3n) is 4.96. The topological polar surface area (TPSA) is 91.0 Å². The summed E-state index contributed by atoms with van der Waals surface area (Å²) in [5.74, 6) is -0.247. The number of morpholine rings is 1. The molecule has 2 N–H and O–H groups in total. The SMILES string of the molecule is Cc1ccc(C(=O)NCCN2CCNCC2)cc1S(=O)(=O)N1CCOCC1. The first-order chi connectivity index (χ1) is 13.0. The summed E-state index contributed by atoms with van der Waals surface area (Å²) in [5.41, 5.74) is 1.01. The van der Waals surface area contributed by atoms with Crippen LogP contribution in [0.1, 0.15) is 15.9 Å². The molecule has 0 bridgehead atoms. The fourth-order valence-corrected chi connectivity index (χ4v) is 4.97. The fraction of sp³-hybridized carbons (Fsp3) is 0.611. The van der Waals surface area contributed by atoms with Crippen LogP contribution >= 0.6 is 0 Å². The largest absolute Gasteiger partial charge is 0.379 e. The molecule has 1 aromatic carbocycles. The lowest BCUT2D eigenvalue weighted by molar-refractivity contribution is 0.0730. The van der Waals surface area contributed by atoms with E-state index < -0.39 is 10.0 Å². The van der Waals surface area contributed by atoms with E-state index >= 15 is 0 Å². The molecule has 150 valence electrons. The normalized spacial score (nSPS) is 19.7. The molecule has 2 saturated heterocycles. The lowest BCUT2D eigenvalue weighted by atomic mass is 10.1. The molecule has 27 heavy (non-hydrogen) atoms. The molecule has 0 saturated carbocycles. The molecule has 0 aromatic heterocycles. The van der Waals surface area contributed by atoms with Crippen molar-refractivity contribution in [2.45, 2.75) is 11.8 Å². The van der Waals surface area contributed by atoms with E-state index in [0.29, 0.717) is 44.0 Å². The molecule has 2 aliphatic heterocycles. The predicted octanol–water partition coefficient (Wildman–Crippen LogP) is -0.349. The van der Waals surface area contributed by atoms with Crippen molar-refractivity contribution in [1.82, 2.24) is 19.8 Å². The van der Waals surface area contributed by atoms with Crippen molar-refractivity contribution in [2.75, 3.05) is 65.6 Å². The predicted molar refractivity (Wildman–Crippen MR) is 102 cm³/mol. The summed E-state index contributed by atoms with van der Waals surface area (Å²) in [7, 11) is -3.63. The zero-order valence-corrected chi connectivity index (χ0v) is 16.6. The van der Waals surface area contributed by atoms with Crippen LogP contribution in [0.5, 0.6) is 0 Å². The van der Waals surface area contributed by atoms with Crippen LogP contribution in [-0.2, 0) is 14.8 Å². The molecule has 2 heterocycles. The van der Waals surface area contributed by atoms with Gasteiger partial charge >= 0.3 is 0 Å². The third kappa shape index (κ3) is 5.05. The molecule has 2 aliphatic rings. The first kappa shape index (κ1) is 20.2. The second-order valence-electron chi connectivity index (χ2n) is 6.84. The molecule has 3 rings (SSSR count). The summed E-state index contributed by atoms with van der Waals surface area (Å²) in [6.45, 7) is 8.42. The van der Waals surface area contributed by atoms with Gasteiger partial charge in [-0.05, 0) is 24.6 Å². The maximum atomic E-state index is 12.9. The smallest absolute Gasteiger partial charge is 0.251 e. The Morgan fingerprint density at radius 1 is 1.19 bits per heavy atom. The van der Waals surface area contributed by atoms with E-state index in [1.54, 1.807) is 19.1 Å². The Hall–Kier alpha value is -1.52. The van der Waals surface area contributed by atoms with E-state index in [4.69, 9.17) is 4.74 Å². The summed E-state index contributed by atoms with van der Waals surface area (Å²) in [6, 6.07) is 4.85. The van der Waals surface area contributed by atoms with Crippen LogP contribution in [0.25, 0.3) is 0 Å². The Morgan fingerprint density at radius 2 is 1.89 bits per heavy atom. The van der Waals surface area contributed by atoms with Crippen molar-refractivity contribution in [3.05, 3.63) is 29.3 Å². The standard InChI is InChI=1S/C18H28N4O4S/c1-15-2-3-16(18(23)20-6-9-21-7-4-19-5-8-21)14-17(15)27(24,25)22-10-12-26-13-11-22/h2-3,14,19H,4-13H2,1H3,(H,20,23). The third-order valence-corrected chi connectivity index (χ3v) is 7.00. The van der Waals surface area contributed by atoms with Gasteiger partial charge in [0.05, 0.1) is 18.1 Å². The molecule has 0 atom stereocenters. The summed E-state index contributed by atoms with van der Waals surface area (Å²) < 4.78 is 32.5. The molecule has 8 nitrogen and oxygen atoms in total. The molecular weight excluding hydrogens is 368 g/mol. The number of hydrogen-bond acceptors (Lipinski definition) is 6. The van der Waals surface area contributed by atoms with Gasteiger partial charge in [-0.2, -0.15) is 4.31 Å². The van der Waals surface area contributed by atoms with Crippen molar-refractivity contribution < 1.29 is 17.9 Å². The van der Waals surface area contributed by atoms with Gasteiger partial charge in [0, 0.05) is 57.9 Å². The number of ether oxygens (including phenoxy) is 1. The minimum absolute atomic E-state index is 0.194. The van der Waals surface area contributed by atoms with Gasteiger partial charge in [0.15, 0.2) is 0 Å². The van der Waals surface area contributed by atoms with E-state index in [0.717, 1.165) is 32.7 Å². The average Bonchev–Trinajstić information content (AvgIpc) is 2.69. The lowest BCUT2D eigenvalue weighted by Gasteiger charge is -2.27. The highest BCUT2D eigenvalue weighted by molar-refractivity contribution is 7.89. The van der Waals surface area contributed by atoms with Crippen molar-refractivity contribution in [3.63, 3.8) is 0 Å². The minimum Gasteiger partial charge on any atom is -0.379 e. The number of nitrogens with zero attached hydrogens (tertiary/aromatic N) is 2. The first-order valence-electron chi connectivity index (χ1n) is 9.38. The number of carbonyl (C=O) groups excluding carboxylic acids is 1. The number of sulfonamides is 1. The lowest BCUT2D eigenvalue weighted by Crippen LogP contribution is -2.46. The van der Waals surface area contributed by atoms with Gasteiger partial charge in [-0.1, -0.05) is 6.07 Å². The second kappa shape index (κ2) is 9.11. The molecule has 2 fully saturated rings. The number of hydrogen-bond donors (Lipinski definition) is 2. The molecule has 0 spiro atoms. The van der Waals surface area contributed by atoms with Crippen molar-refractivity contribution >= 4 is 15.9 Å². The summed E-state index contributed by atoms with van der Waals surface area (Å²) in [4.78, 5) is 15.0. The zero-order chi connectivity index (χ0) is 19.3. The number of rotatable bonds is 6. The Balaban J connectivity index is 1.65. The van der Waals surface area contributed by atoms with Gasteiger partial charge in [0.2, 0.25) is 10.0 Å². The Morgan fingerprint density at radius 3 is 2.59 bits per heavy atom. The van der Waals surface area contributed by atoms with E-state index in [9.17, 15) is 13.2 Å². The van der Waals surface area contributed by atoms with Crippen LogP contribution in [0.2, 0.25) is 0 Å². The second-order valence-corrected chi connectivity index (χ2v) is 8.75. The molecule has 0 radical (unpaired) electrons. The van der Waals surface area contributed by atoms with Crippen molar-refractivity contribution in [3.8, 4) is 0 Å². The van der Waals surface area contributed by atoms with Gasteiger partial charge < -0.3 is 15.4 Å². The van der Waals surface area contributed by atoms with E-state index in [-0.39, 0.29) is 10.8 Å². The number of piperazine rings is 1. The summed E-state index contributed by atoms with van der Waals surface area (Å²) in [6.07, 6.45) is 0. The highest BCUT2D eigenvalue weighted by atomic mass is 32.2. The Kier molecular flexibility index (Phi) is 6.83.